The van der Waals surface area contributed by atoms with E-state index in [0.29, 0.717) is 6.04 Å². The molecule has 2 unspecified atom stereocenters. The molecule has 2 atom stereocenters. The average Bonchev–Trinajstić information content (AvgIpc) is 2.63. The van der Waals surface area contributed by atoms with Crippen molar-refractivity contribution < 1.29 is 14.3 Å². The molecule has 1 amide bonds. The number of ether oxygens (including phenoxy) is 2. The second-order valence-corrected chi connectivity index (χ2v) is 5.52. The van der Waals surface area contributed by atoms with Crippen LogP contribution in [0.1, 0.15) is 34.1 Å². The molecule has 5 nitrogen and oxygen atoms in total. The van der Waals surface area contributed by atoms with Crippen LogP contribution in [0, 0.1) is 0 Å². The lowest BCUT2D eigenvalue weighted by atomic mass is 10.2. The van der Waals surface area contributed by atoms with Gasteiger partial charge in [0, 0.05) is 25.2 Å². The van der Waals surface area contributed by atoms with Crippen molar-refractivity contribution in [2.45, 2.75) is 51.8 Å². The van der Waals surface area contributed by atoms with E-state index in [-0.39, 0.29) is 12.1 Å². The molecule has 0 spiro atoms. The van der Waals surface area contributed by atoms with Gasteiger partial charge in [-0.1, -0.05) is 0 Å². The summed E-state index contributed by atoms with van der Waals surface area (Å²) in [6.07, 6.45) is 0.675. The number of carbonyl (C=O) groups is 1. The zero-order valence-electron chi connectivity index (χ0n) is 11.2. The van der Waals surface area contributed by atoms with Crippen LogP contribution in [0.25, 0.3) is 0 Å². The molecule has 1 aliphatic heterocycles. The van der Waals surface area contributed by atoms with E-state index < -0.39 is 5.60 Å². The SMILES string of the molecule is CC(CNC1CCOC1)NC(=O)OC(C)(C)C. The molecule has 1 heterocycles. The van der Waals surface area contributed by atoms with E-state index in [2.05, 4.69) is 10.6 Å². The first-order chi connectivity index (χ1) is 7.87. The molecular formula is C12H24N2O3. The number of hydrogen-bond donors (Lipinski definition) is 2. The van der Waals surface area contributed by atoms with Crippen LogP contribution in [0.2, 0.25) is 0 Å². The van der Waals surface area contributed by atoms with Crippen molar-refractivity contribution in [2.75, 3.05) is 19.8 Å². The summed E-state index contributed by atoms with van der Waals surface area (Å²) in [6.45, 7) is 9.83. The number of alkyl carbamates (subject to hydrolysis) is 1. The van der Waals surface area contributed by atoms with Gasteiger partial charge in [-0.3, -0.25) is 0 Å². The summed E-state index contributed by atoms with van der Waals surface area (Å²) in [5.41, 5.74) is -0.448. The van der Waals surface area contributed by atoms with Gasteiger partial charge in [-0.05, 0) is 34.1 Å². The lowest BCUT2D eigenvalue weighted by Crippen LogP contribution is -2.45. The van der Waals surface area contributed by atoms with Gasteiger partial charge in [0.25, 0.3) is 0 Å². The first kappa shape index (κ1) is 14.3. The minimum absolute atomic E-state index is 0.0467. The van der Waals surface area contributed by atoms with Crippen LogP contribution >= 0.6 is 0 Å². The standard InChI is InChI=1S/C12H24N2O3/c1-9(7-13-10-5-6-16-8-10)14-11(15)17-12(2,3)4/h9-10,13H,5-8H2,1-4H3,(H,14,15). The quantitative estimate of drug-likeness (QED) is 0.782. The molecule has 0 aromatic rings. The van der Waals surface area contributed by atoms with E-state index in [9.17, 15) is 4.79 Å². The van der Waals surface area contributed by atoms with Crippen LogP contribution in [-0.4, -0.2) is 43.5 Å². The highest BCUT2D eigenvalue weighted by Gasteiger charge is 2.19. The Morgan fingerprint density at radius 2 is 2.24 bits per heavy atom. The Morgan fingerprint density at radius 3 is 2.76 bits per heavy atom. The van der Waals surface area contributed by atoms with E-state index >= 15 is 0 Å². The summed E-state index contributed by atoms with van der Waals surface area (Å²) < 4.78 is 10.4. The Balaban J connectivity index is 2.15. The third-order valence-electron chi connectivity index (χ3n) is 2.41. The first-order valence-corrected chi connectivity index (χ1v) is 6.17. The smallest absolute Gasteiger partial charge is 0.407 e. The number of amides is 1. The third kappa shape index (κ3) is 6.48. The molecule has 17 heavy (non-hydrogen) atoms. The molecule has 0 aromatic heterocycles. The largest absolute Gasteiger partial charge is 0.444 e. The van der Waals surface area contributed by atoms with Crippen molar-refractivity contribution in [3.63, 3.8) is 0 Å². The predicted octanol–water partition coefficient (Wildman–Crippen LogP) is 1.28. The van der Waals surface area contributed by atoms with E-state index in [1.165, 1.54) is 0 Å². The topological polar surface area (TPSA) is 59.6 Å². The molecule has 2 N–H and O–H groups in total. The van der Waals surface area contributed by atoms with Crippen molar-refractivity contribution in [3.05, 3.63) is 0 Å². The van der Waals surface area contributed by atoms with Crippen LogP contribution in [0.15, 0.2) is 0 Å². The highest BCUT2D eigenvalue weighted by molar-refractivity contribution is 5.68. The van der Waals surface area contributed by atoms with Crippen molar-refractivity contribution in [1.82, 2.24) is 10.6 Å². The normalized spacial score (nSPS) is 22.2. The Labute approximate surface area is 103 Å². The molecule has 0 aromatic carbocycles. The Morgan fingerprint density at radius 1 is 1.53 bits per heavy atom. The van der Waals surface area contributed by atoms with Crippen LogP contribution in [0.5, 0.6) is 0 Å². The third-order valence-corrected chi connectivity index (χ3v) is 2.41. The van der Waals surface area contributed by atoms with Gasteiger partial charge in [0.1, 0.15) is 5.60 Å². The maximum Gasteiger partial charge on any atom is 0.407 e. The van der Waals surface area contributed by atoms with Crippen LogP contribution < -0.4 is 10.6 Å². The molecule has 100 valence electrons. The molecule has 0 aliphatic carbocycles. The fraction of sp³-hybridized carbons (Fsp3) is 0.917. The number of nitrogens with one attached hydrogen (secondary N) is 2. The summed E-state index contributed by atoms with van der Waals surface area (Å²) in [4.78, 5) is 11.5. The Hall–Kier alpha value is -0.810. The number of hydrogen-bond acceptors (Lipinski definition) is 4. The van der Waals surface area contributed by atoms with Crippen LogP contribution in [-0.2, 0) is 9.47 Å². The van der Waals surface area contributed by atoms with Gasteiger partial charge in [0.15, 0.2) is 0 Å². The predicted molar refractivity (Wildman–Crippen MR) is 66.1 cm³/mol. The van der Waals surface area contributed by atoms with Gasteiger partial charge in [0.05, 0.1) is 6.61 Å². The lowest BCUT2D eigenvalue weighted by Gasteiger charge is -2.22. The minimum atomic E-state index is -0.448. The molecule has 1 aliphatic rings. The second-order valence-electron chi connectivity index (χ2n) is 5.52. The molecule has 1 saturated heterocycles. The second kappa shape index (κ2) is 6.21. The minimum Gasteiger partial charge on any atom is -0.444 e. The van der Waals surface area contributed by atoms with Gasteiger partial charge in [-0.25, -0.2) is 4.79 Å². The average molecular weight is 244 g/mol. The van der Waals surface area contributed by atoms with Crippen molar-refractivity contribution in [1.29, 1.82) is 0 Å². The Bertz CT molecular complexity index is 245. The summed E-state index contributed by atoms with van der Waals surface area (Å²) in [5.74, 6) is 0. The lowest BCUT2D eigenvalue weighted by molar-refractivity contribution is 0.0507. The molecular weight excluding hydrogens is 220 g/mol. The van der Waals surface area contributed by atoms with Gasteiger partial charge in [0.2, 0.25) is 0 Å². The van der Waals surface area contributed by atoms with Crippen molar-refractivity contribution in [3.8, 4) is 0 Å². The molecule has 0 saturated carbocycles. The van der Waals surface area contributed by atoms with Gasteiger partial charge < -0.3 is 20.1 Å². The highest BCUT2D eigenvalue weighted by Crippen LogP contribution is 2.07. The van der Waals surface area contributed by atoms with E-state index in [1.807, 2.05) is 27.7 Å². The molecule has 1 fully saturated rings. The van der Waals surface area contributed by atoms with Crippen molar-refractivity contribution in [2.24, 2.45) is 0 Å². The summed E-state index contributed by atoms with van der Waals surface area (Å²) in [6, 6.07) is 0.461. The van der Waals surface area contributed by atoms with Gasteiger partial charge in [-0.2, -0.15) is 0 Å². The number of rotatable bonds is 4. The number of carbonyl (C=O) groups excluding carboxylic acids is 1. The Kier molecular flexibility index (Phi) is 5.21. The van der Waals surface area contributed by atoms with E-state index in [0.717, 1.165) is 26.2 Å². The van der Waals surface area contributed by atoms with Gasteiger partial charge >= 0.3 is 6.09 Å². The summed E-state index contributed by atoms with van der Waals surface area (Å²) in [5, 5.41) is 6.15. The fourth-order valence-electron chi connectivity index (χ4n) is 1.60. The van der Waals surface area contributed by atoms with Gasteiger partial charge in [-0.15, -0.1) is 0 Å². The van der Waals surface area contributed by atoms with Crippen LogP contribution in [0.4, 0.5) is 4.79 Å². The fourth-order valence-corrected chi connectivity index (χ4v) is 1.60. The molecule has 0 bridgehead atoms. The monoisotopic (exact) mass is 244 g/mol. The summed E-state index contributed by atoms with van der Waals surface area (Å²) in [7, 11) is 0. The molecule has 0 radical (unpaired) electrons. The van der Waals surface area contributed by atoms with E-state index in [1.54, 1.807) is 0 Å². The van der Waals surface area contributed by atoms with Crippen molar-refractivity contribution >= 4 is 6.09 Å². The highest BCUT2D eigenvalue weighted by atomic mass is 16.6. The zero-order chi connectivity index (χ0) is 12.9. The molecule has 5 heteroatoms. The first-order valence-electron chi connectivity index (χ1n) is 6.17. The molecule has 1 rings (SSSR count). The zero-order valence-corrected chi connectivity index (χ0v) is 11.2. The van der Waals surface area contributed by atoms with Crippen LogP contribution in [0.3, 0.4) is 0 Å². The maximum absolute atomic E-state index is 11.5. The summed E-state index contributed by atoms with van der Waals surface area (Å²) >= 11 is 0. The van der Waals surface area contributed by atoms with E-state index in [4.69, 9.17) is 9.47 Å². The maximum atomic E-state index is 11.5.